The van der Waals surface area contributed by atoms with Crippen molar-refractivity contribution in [1.82, 2.24) is 9.97 Å². The van der Waals surface area contributed by atoms with E-state index in [1.54, 1.807) is 32.0 Å². The number of nitrogen functional groups attached to an aromatic ring is 1. The van der Waals surface area contributed by atoms with E-state index in [1.807, 2.05) is 0 Å². The Hall–Kier alpha value is -1.90. The summed E-state index contributed by atoms with van der Waals surface area (Å²) in [5, 5.41) is 9.34. The molecule has 0 radical (unpaired) electrons. The molecule has 39 heavy (non-hydrogen) atoms. The lowest BCUT2D eigenvalue weighted by Gasteiger charge is -2.27. The second-order valence-corrected chi connectivity index (χ2v) is 14.2. The average Bonchev–Trinajstić information content (AvgIpc) is 3.14. The third-order valence-corrected chi connectivity index (χ3v) is 11.1. The zero-order valence-corrected chi connectivity index (χ0v) is 24.4. The summed E-state index contributed by atoms with van der Waals surface area (Å²) in [6.07, 6.45) is 1.37. The molecule has 3 aromatic rings. The van der Waals surface area contributed by atoms with E-state index < -0.39 is 35.2 Å². The quantitative estimate of drug-likeness (QED) is 0.125. The molecule has 0 fully saturated rings. The zero-order valence-electron chi connectivity index (χ0n) is 20.9. The van der Waals surface area contributed by atoms with Gasteiger partial charge in [-0.1, -0.05) is 41.7 Å². The topological polar surface area (TPSA) is 236 Å². The summed E-state index contributed by atoms with van der Waals surface area (Å²) in [6.45, 7) is 2.71. The molecule has 7 N–H and O–H groups in total. The molecule has 3 atom stereocenters. The molecule has 0 saturated heterocycles. The molecule has 0 aliphatic rings. The van der Waals surface area contributed by atoms with Crippen LogP contribution in [0.15, 0.2) is 36.5 Å². The molecule has 19 heteroatoms. The maximum absolute atomic E-state index is 13.4. The molecule has 2 aromatic heterocycles. The smallest absolute Gasteiger partial charge is 0.383 e. The van der Waals surface area contributed by atoms with Gasteiger partial charge in [0.15, 0.2) is 12.2 Å². The largest absolute Gasteiger partial charge is 0.481 e. The minimum Gasteiger partial charge on any atom is -0.383 e. The SMILES string of the molecule is COP(=O)(O)[C@@](O)(c1ccccc1)c1sc(CCOP(=O)(O)OP(=O)(O)O)c(C)[n+]1Cc1cnc(C)nc1N. The van der Waals surface area contributed by atoms with Crippen molar-refractivity contribution in [2.24, 2.45) is 0 Å². The highest BCUT2D eigenvalue weighted by Gasteiger charge is 2.58. The van der Waals surface area contributed by atoms with Gasteiger partial charge in [-0.25, -0.2) is 19.1 Å². The van der Waals surface area contributed by atoms with Gasteiger partial charge >= 0.3 is 23.2 Å². The van der Waals surface area contributed by atoms with Crippen LogP contribution in [0.2, 0.25) is 0 Å². The molecule has 2 heterocycles. The van der Waals surface area contributed by atoms with Gasteiger partial charge in [0, 0.05) is 32.2 Å². The highest BCUT2D eigenvalue weighted by Crippen LogP contribution is 2.62. The van der Waals surface area contributed by atoms with E-state index in [2.05, 4.69) is 18.8 Å². The molecular weight excluding hydrogens is 597 g/mol. The van der Waals surface area contributed by atoms with E-state index in [0.717, 1.165) is 18.4 Å². The van der Waals surface area contributed by atoms with E-state index in [1.165, 1.54) is 22.9 Å². The van der Waals surface area contributed by atoms with Gasteiger partial charge in [0.2, 0.25) is 0 Å². The number of anilines is 1. The number of hydrogen-bond acceptors (Lipinski definition) is 11. The Bertz CT molecular complexity index is 1480. The third-order valence-electron chi connectivity index (χ3n) is 5.54. The molecule has 3 rings (SSSR count). The first-order chi connectivity index (χ1) is 18.0. The number of aromatic nitrogens is 3. The van der Waals surface area contributed by atoms with Gasteiger partial charge in [0.25, 0.3) is 10.3 Å². The number of phosphoric acid groups is 2. The summed E-state index contributed by atoms with van der Waals surface area (Å²) in [5.74, 6) is 0.571. The van der Waals surface area contributed by atoms with Crippen LogP contribution in [-0.4, -0.2) is 48.4 Å². The lowest BCUT2D eigenvalue weighted by atomic mass is 10.1. The van der Waals surface area contributed by atoms with Crippen molar-refractivity contribution in [3.05, 3.63) is 69.1 Å². The van der Waals surface area contributed by atoms with Gasteiger partial charge in [0.1, 0.15) is 11.6 Å². The fourth-order valence-corrected chi connectivity index (χ4v) is 8.08. The summed E-state index contributed by atoms with van der Waals surface area (Å²) in [7, 11) is -14.2. The van der Waals surface area contributed by atoms with Crippen LogP contribution in [0.4, 0.5) is 5.82 Å². The maximum Gasteiger partial charge on any atom is 0.481 e. The summed E-state index contributed by atoms with van der Waals surface area (Å²) < 4.78 is 51.0. The predicted octanol–water partition coefficient (Wildman–Crippen LogP) is 1.87. The molecule has 1 aromatic carbocycles. The van der Waals surface area contributed by atoms with Crippen molar-refractivity contribution in [2.75, 3.05) is 19.5 Å². The molecule has 0 saturated carbocycles. The first-order valence-electron chi connectivity index (χ1n) is 11.0. The van der Waals surface area contributed by atoms with Crippen molar-refractivity contribution < 1.29 is 56.3 Å². The zero-order chi connectivity index (χ0) is 29.2. The number of aliphatic hydroxyl groups is 1. The minimum atomic E-state index is -5.31. The molecule has 15 nitrogen and oxygen atoms in total. The first-order valence-corrected chi connectivity index (χ1v) is 16.4. The molecular formula is C20H28N4O11P3S+. The molecule has 0 aliphatic carbocycles. The number of rotatable bonds is 12. The van der Waals surface area contributed by atoms with E-state index >= 15 is 0 Å². The van der Waals surface area contributed by atoms with Crippen molar-refractivity contribution in [2.45, 2.75) is 32.2 Å². The van der Waals surface area contributed by atoms with Crippen molar-refractivity contribution in [1.29, 1.82) is 0 Å². The number of nitrogens with two attached hydrogens (primary N) is 1. The fourth-order valence-electron chi connectivity index (χ4n) is 3.66. The van der Waals surface area contributed by atoms with Crippen molar-refractivity contribution >= 4 is 40.4 Å². The second-order valence-electron chi connectivity index (χ2n) is 8.19. The Labute approximate surface area is 227 Å². The Morgan fingerprint density at radius 2 is 1.74 bits per heavy atom. The van der Waals surface area contributed by atoms with E-state index in [4.69, 9.17) is 20.0 Å². The Morgan fingerprint density at radius 1 is 1.10 bits per heavy atom. The average molecular weight is 625 g/mol. The standard InChI is InChI=1S/C20H27N4O11P3S/c1-13-17(9-10-34-38(31,32)35-37(28,29)30)39-19(24(13)12-15-11-22-14(2)23-18(15)21)20(25,36(26,27)33-3)16-7-5-4-6-8-16/h4-8,11,25H,9-10,12H2,1-3H3,(H5-,21,22,23,26,27,28,29,30,31,32)/p+1/t20-/m0/s1. The van der Waals surface area contributed by atoms with Crippen molar-refractivity contribution in [3.63, 3.8) is 0 Å². The summed E-state index contributed by atoms with van der Waals surface area (Å²) in [5.41, 5.74) is 7.02. The highest BCUT2D eigenvalue weighted by atomic mass is 32.1. The van der Waals surface area contributed by atoms with Gasteiger partial charge in [0.05, 0.1) is 17.0 Å². The summed E-state index contributed by atoms with van der Waals surface area (Å²) >= 11 is 0.896. The van der Waals surface area contributed by atoms with Gasteiger partial charge in [-0.3, -0.25) is 9.09 Å². The molecule has 0 aliphatic heterocycles. The second kappa shape index (κ2) is 11.9. The van der Waals surface area contributed by atoms with Crippen LogP contribution in [0.1, 0.15) is 32.5 Å². The number of hydrogen-bond donors (Lipinski definition) is 6. The molecule has 2 unspecified atom stereocenters. The lowest BCUT2D eigenvalue weighted by Crippen LogP contribution is -2.47. The van der Waals surface area contributed by atoms with Gasteiger partial charge < -0.3 is 34.9 Å². The number of phosphoric ester groups is 1. The van der Waals surface area contributed by atoms with Crippen LogP contribution in [0, 0.1) is 13.8 Å². The Kier molecular flexibility index (Phi) is 9.66. The van der Waals surface area contributed by atoms with Crippen LogP contribution in [0.25, 0.3) is 0 Å². The third kappa shape index (κ3) is 7.25. The van der Waals surface area contributed by atoms with Crippen LogP contribution in [-0.2, 0) is 45.4 Å². The van der Waals surface area contributed by atoms with E-state index in [9.17, 15) is 28.6 Å². The maximum atomic E-state index is 13.4. The molecule has 0 spiro atoms. The molecule has 214 valence electrons. The predicted molar refractivity (Wildman–Crippen MR) is 138 cm³/mol. The van der Waals surface area contributed by atoms with E-state index in [0.29, 0.717) is 22.0 Å². The monoisotopic (exact) mass is 625 g/mol. The number of benzene rings is 1. The molecule has 0 bridgehead atoms. The lowest BCUT2D eigenvalue weighted by molar-refractivity contribution is -0.700. The number of thiazole rings is 1. The summed E-state index contributed by atoms with van der Waals surface area (Å²) in [4.78, 5) is 46.7. The van der Waals surface area contributed by atoms with Crippen molar-refractivity contribution in [3.8, 4) is 0 Å². The minimum absolute atomic E-state index is 0.0347. The normalized spacial score (nSPS) is 16.8. The Balaban J connectivity index is 2.13. The van der Waals surface area contributed by atoms with Gasteiger partial charge in [-0.05, 0) is 6.92 Å². The van der Waals surface area contributed by atoms with Gasteiger partial charge in [-0.15, -0.1) is 0 Å². The number of aryl methyl sites for hydroxylation is 1. The van der Waals surface area contributed by atoms with E-state index in [-0.39, 0.29) is 29.4 Å². The van der Waals surface area contributed by atoms with Crippen LogP contribution >= 0.6 is 34.6 Å². The van der Waals surface area contributed by atoms with Crippen LogP contribution in [0.5, 0.6) is 0 Å². The first kappa shape index (κ1) is 31.6. The van der Waals surface area contributed by atoms with Crippen LogP contribution < -0.4 is 10.3 Å². The number of nitrogens with zero attached hydrogens (tertiary/aromatic N) is 3. The Morgan fingerprint density at radius 3 is 2.31 bits per heavy atom. The molecule has 0 amide bonds. The van der Waals surface area contributed by atoms with Crippen LogP contribution in [0.3, 0.4) is 0 Å². The highest BCUT2D eigenvalue weighted by molar-refractivity contribution is 7.60. The summed E-state index contributed by atoms with van der Waals surface area (Å²) in [6, 6.07) is 7.71. The fraction of sp³-hybridized carbons (Fsp3) is 0.350. The van der Waals surface area contributed by atoms with Gasteiger partial charge in [-0.2, -0.15) is 8.88 Å².